The lowest BCUT2D eigenvalue weighted by Gasteiger charge is -2.12. The van der Waals surface area contributed by atoms with Crippen LogP contribution >= 0.6 is 11.5 Å². The molecule has 0 saturated carbocycles. The van der Waals surface area contributed by atoms with Crippen molar-refractivity contribution in [1.29, 1.82) is 0 Å². The minimum atomic E-state index is -0.334. The number of hydrogen-bond acceptors (Lipinski definition) is 4. The molecule has 0 radical (unpaired) electrons. The number of halogens is 1. The predicted octanol–water partition coefficient (Wildman–Crippen LogP) is 4.52. The van der Waals surface area contributed by atoms with Gasteiger partial charge in [0.2, 0.25) is 0 Å². The first-order chi connectivity index (χ1) is 11.5. The molecule has 122 valence electrons. The Morgan fingerprint density at radius 3 is 2.33 bits per heavy atom. The van der Waals surface area contributed by atoms with E-state index < -0.39 is 0 Å². The number of aromatic nitrogens is 2. The van der Waals surface area contributed by atoms with E-state index in [1.54, 1.807) is 12.1 Å². The number of rotatable bonds is 3. The number of carbonyl (C=O) groups excluding carboxylic acids is 1. The smallest absolute Gasteiger partial charge is 0.269 e. The second-order valence-corrected chi connectivity index (χ2v) is 6.44. The van der Waals surface area contributed by atoms with Crippen molar-refractivity contribution < 1.29 is 9.18 Å². The number of nitrogens with zero attached hydrogens (tertiary/aromatic N) is 2. The highest BCUT2D eigenvalue weighted by molar-refractivity contribution is 7.08. The van der Waals surface area contributed by atoms with E-state index >= 15 is 0 Å². The zero-order valence-corrected chi connectivity index (χ0v) is 14.4. The Morgan fingerprint density at radius 1 is 1.08 bits per heavy atom. The van der Waals surface area contributed by atoms with Gasteiger partial charge in [-0.2, -0.15) is 0 Å². The minimum absolute atomic E-state index is 0.264. The molecule has 6 heteroatoms. The van der Waals surface area contributed by atoms with Crippen molar-refractivity contribution in [1.82, 2.24) is 9.59 Å². The van der Waals surface area contributed by atoms with Crippen molar-refractivity contribution in [3.63, 3.8) is 0 Å². The quantitative estimate of drug-likeness (QED) is 0.762. The maximum absolute atomic E-state index is 13.1. The standard InChI is InChI=1S/C18H16FN3OS/c1-10-8-11(2)15(12(3)9-10)20-18(23)17-16(21-22-24-17)13-4-6-14(19)7-5-13/h4-9H,1-3H3,(H,20,23). The van der Waals surface area contributed by atoms with Crippen LogP contribution in [0.15, 0.2) is 36.4 Å². The molecule has 0 aliphatic carbocycles. The van der Waals surface area contributed by atoms with Crippen molar-refractivity contribution in [2.24, 2.45) is 0 Å². The van der Waals surface area contributed by atoms with Crippen molar-refractivity contribution >= 4 is 23.1 Å². The highest BCUT2D eigenvalue weighted by atomic mass is 32.1. The van der Waals surface area contributed by atoms with Gasteiger partial charge in [-0.25, -0.2) is 4.39 Å². The molecule has 0 unspecified atom stereocenters. The third-order valence-corrected chi connectivity index (χ3v) is 4.45. The van der Waals surface area contributed by atoms with Gasteiger partial charge in [-0.1, -0.05) is 22.2 Å². The van der Waals surface area contributed by atoms with Gasteiger partial charge in [-0.15, -0.1) is 5.10 Å². The van der Waals surface area contributed by atoms with Crippen LogP contribution in [-0.2, 0) is 0 Å². The topological polar surface area (TPSA) is 54.9 Å². The molecule has 1 amide bonds. The van der Waals surface area contributed by atoms with Gasteiger partial charge in [0.25, 0.3) is 5.91 Å². The molecule has 0 aliphatic rings. The van der Waals surface area contributed by atoms with Crippen LogP contribution in [0.4, 0.5) is 10.1 Å². The molecule has 0 fully saturated rings. The Labute approximate surface area is 143 Å². The molecule has 0 atom stereocenters. The van der Waals surface area contributed by atoms with E-state index in [0.717, 1.165) is 33.9 Å². The van der Waals surface area contributed by atoms with Crippen LogP contribution in [0.2, 0.25) is 0 Å². The number of benzene rings is 2. The zero-order chi connectivity index (χ0) is 17.3. The predicted molar refractivity (Wildman–Crippen MR) is 93.9 cm³/mol. The second kappa shape index (κ2) is 6.49. The monoisotopic (exact) mass is 341 g/mol. The van der Waals surface area contributed by atoms with Crippen molar-refractivity contribution in [3.05, 3.63) is 63.8 Å². The minimum Gasteiger partial charge on any atom is -0.321 e. The first-order valence-corrected chi connectivity index (χ1v) is 8.20. The summed E-state index contributed by atoms with van der Waals surface area (Å²) in [6.07, 6.45) is 0. The summed E-state index contributed by atoms with van der Waals surface area (Å²) in [6, 6.07) is 9.90. The number of nitrogens with one attached hydrogen (secondary N) is 1. The van der Waals surface area contributed by atoms with Gasteiger partial charge < -0.3 is 5.32 Å². The summed E-state index contributed by atoms with van der Waals surface area (Å²) in [5.74, 6) is -0.599. The molecule has 0 bridgehead atoms. The van der Waals surface area contributed by atoms with Crippen molar-refractivity contribution in [3.8, 4) is 11.3 Å². The van der Waals surface area contributed by atoms with E-state index in [0.29, 0.717) is 16.1 Å². The summed E-state index contributed by atoms with van der Waals surface area (Å²) in [5, 5.41) is 6.97. The fourth-order valence-electron chi connectivity index (χ4n) is 2.68. The van der Waals surface area contributed by atoms with Gasteiger partial charge in [0.05, 0.1) is 0 Å². The number of anilines is 1. The maximum atomic E-state index is 13.1. The summed E-state index contributed by atoms with van der Waals surface area (Å²) in [6.45, 7) is 5.94. The van der Waals surface area contributed by atoms with E-state index in [-0.39, 0.29) is 11.7 Å². The summed E-state index contributed by atoms with van der Waals surface area (Å²) in [5.41, 5.74) is 5.06. The number of aryl methyl sites for hydroxylation is 3. The molecule has 1 aromatic heterocycles. The van der Waals surface area contributed by atoms with Crippen LogP contribution in [0, 0.1) is 26.6 Å². The first kappa shape index (κ1) is 16.3. The summed E-state index contributed by atoms with van der Waals surface area (Å²) >= 11 is 1.02. The fourth-order valence-corrected chi connectivity index (χ4v) is 3.27. The molecule has 0 spiro atoms. The summed E-state index contributed by atoms with van der Waals surface area (Å²) in [7, 11) is 0. The Morgan fingerprint density at radius 2 is 1.71 bits per heavy atom. The summed E-state index contributed by atoms with van der Waals surface area (Å²) in [4.78, 5) is 13.1. The zero-order valence-electron chi connectivity index (χ0n) is 13.6. The highest BCUT2D eigenvalue weighted by Gasteiger charge is 2.19. The van der Waals surface area contributed by atoms with Crippen molar-refractivity contribution in [2.45, 2.75) is 20.8 Å². The highest BCUT2D eigenvalue weighted by Crippen LogP contribution is 2.27. The van der Waals surface area contributed by atoms with Gasteiger partial charge in [-0.05, 0) is 67.7 Å². The molecular weight excluding hydrogens is 325 g/mol. The van der Waals surface area contributed by atoms with Crippen LogP contribution in [0.1, 0.15) is 26.4 Å². The van der Waals surface area contributed by atoms with Gasteiger partial charge in [0.15, 0.2) is 0 Å². The molecule has 1 heterocycles. The van der Waals surface area contributed by atoms with Crippen LogP contribution in [0.3, 0.4) is 0 Å². The largest absolute Gasteiger partial charge is 0.321 e. The van der Waals surface area contributed by atoms with Crippen LogP contribution in [-0.4, -0.2) is 15.5 Å². The normalized spacial score (nSPS) is 10.7. The Balaban J connectivity index is 1.93. The lowest BCUT2D eigenvalue weighted by Crippen LogP contribution is -2.13. The average Bonchev–Trinajstić information content (AvgIpc) is 3.01. The lowest BCUT2D eigenvalue weighted by molar-refractivity contribution is 0.103. The summed E-state index contributed by atoms with van der Waals surface area (Å²) < 4.78 is 17.0. The molecule has 0 aliphatic heterocycles. The first-order valence-electron chi connectivity index (χ1n) is 7.43. The van der Waals surface area contributed by atoms with Crippen LogP contribution in [0.25, 0.3) is 11.3 Å². The van der Waals surface area contributed by atoms with Gasteiger partial charge >= 0.3 is 0 Å². The number of hydrogen-bond donors (Lipinski definition) is 1. The fraction of sp³-hybridized carbons (Fsp3) is 0.167. The third kappa shape index (κ3) is 3.19. The number of carbonyl (C=O) groups is 1. The maximum Gasteiger partial charge on any atom is 0.269 e. The lowest BCUT2D eigenvalue weighted by atomic mass is 10.0. The van der Waals surface area contributed by atoms with E-state index in [9.17, 15) is 9.18 Å². The van der Waals surface area contributed by atoms with Gasteiger partial charge in [0.1, 0.15) is 16.4 Å². The molecule has 2 aromatic carbocycles. The van der Waals surface area contributed by atoms with Crippen LogP contribution in [0.5, 0.6) is 0 Å². The Bertz CT molecular complexity index is 880. The van der Waals surface area contributed by atoms with E-state index in [1.807, 2.05) is 32.9 Å². The Hall–Kier alpha value is -2.60. The van der Waals surface area contributed by atoms with Crippen LogP contribution < -0.4 is 5.32 Å². The van der Waals surface area contributed by atoms with E-state index in [4.69, 9.17) is 0 Å². The van der Waals surface area contributed by atoms with E-state index in [2.05, 4.69) is 14.9 Å². The van der Waals surface area contributed by atoms with Gasteiger partial charge in [0, 0.05) is 11.3 Å². The Kier molecular flexibility index (Phi) is 4.40. The molecule has 4 nitrogen and oxygen atoms in total. The average molecular weight is 341 g/mol. The third-order valence-electron chi connectivity index (χ3n) is 3.73. The molecule has 3 aromatic rings. The molecule has 3 rings (SSSR count). The van der Waals surface area contributed by atoms with Crippen molar-refractivity contribution in [2.75, 3.05) is 5.32 Å². The second-order valence-electron chi connectivity index (χ2n) is 5.69. The number of amides is 1. The molecule has 1 N–H and O–H groups in total. The molecule has 24 heavy (non-hydrogen) atoms. The van der Waals surface area contributed by atoms with E-state index in [1.165, 1.54) is 12.1 Å². The molecular formula is C18H16FN3OS. The SMILES string of the molecule is Cc1cc(C)c(NC(=O)c2snnc2-c2ccc(F)cc2)c(C)c1. The molecule has 0 saturated heterocycles. The van der Waals surface area contributed by atoms with Gasteiger partial charge in [-0.3, -0.25) is 4.79 Å².